The van der Waals surface area contributed by atoms with Gasteiger partial charge < -0.3 is 10.1 Å². The van der Waals surface area contributed by atoms with E-state index < -0.39 is 0 Å². The lowest BCUT2D eigenvalue weighted by molar-refractivity contribution is 0.0959. The van der Waals surface area contributed by atoms with E-state index in [1.165, 1.54) is 24.0 Å². The number of rotatable bonds is 7. The molecule has 1 aliphatic carbocycles. The molecule has 20 heavy (non-hydrogen) atoms. The summed E-state index contributed by atoms with van der Waals surface area (Å²) in [5, 5.41) is 3.54. The molecule has 2 nitrogen and oxygen atoms in total. The van der Waals surface area contributed by atoms with Crippen LogP contribution in [0.1, 0.15) is 51.2 Å². The van der Waals surface area contributed by atoms with Crippen molar-refractivity contribution < 1.29 is 4.74 Å². The van der Waals surface area contributed by atoms with Crippen molar-refractivity contribution >= 4 is 15.9 Å². The van der Waals surface area contributed by atoms with Crippen LogP contribution in [-0.4, -0.2) is 12.6 Å². The van der Waals surface area contributed by atoms with E-state index in [-0.39, 0.29) is 0 Å². The Morgan fingerprint density at radius 2 is 2.05 bits per heavy atom. The Kier molecular flexibility index (Phi) is 5.65. The van der Waals surface area contributed by atoms with E-state index in [4.69, 9.17) is 4.74 Å². The van der Waals surface area contributed by atoms with Gasteiger partial charge in [0.2, 0.25) is 0 Å². The lowest BCUT2D eigenvalue weighted by atomic mass is 9.93. The van der Waals surface area contributed by atoms with Crippen LogP contribution >= 0.6 is 15.9 Å². The SMILES string of the molecule is CC(C)(C)CCOCc1ccc(CNC2CC2)cc1Br. The monoisotopic (exact) mass is 339 g/mol. The molecule has 0 bridgehead atoms. The summed E-state index contributed by atoms with van der Waals surface area (Å²) in [5.74, 6) is 0. The Morgan fingerprint density at radius 3 is 2.65 bits per heavy atom. The number of halogens is 1. The molecule has 0 aliphatic heterocycles. The van der Waals surface area contributed by atoms with Gasteiger partial charge >= 0.3 is 0 Å². The van der Waals surface area contributed by atoms with E-state index in [0.717, 1.165) is 30.1 Å². The van der Waals surface area contributed by atoms with Crippen molar-refractivity contribution in [3.63, 3.8) is 0 Å². The first-order valence-corrected chi connectivity index (χ1v) is 8.32. The molecule has 0 heterocycles. The van der Waals surface area contributed by atoms with Crippen molar-refractivity contribution in [1.82, 2.24) is 5.32 Å². The van der Waals surface area contributed by atoms with Crippen LogP contribution in [0.4, 0.5) is 0 Å². The summed E-state index contributed by atoms with van der Waals surface area (Å²) in [6, 6.07) is 7.33. The van der Waals surface area contributed by atoms with Gasteiger partial charge in [-0.3, -0.25) is 0 Å². The first kappa shape index (κ1) is 16.0. The lowest BCUT2D eigenvalue weighted by Crippen LogP contribution is -2.15. The van der Waals surface area contributed by atoms with Crippen LogP contribution < -0.4 is 5.32 Å². The molecule has 112 valence electrons. The fraction of sp³-hybridized carbons (Fsp3) is 0.647. The third-order valence-corrected chi connectivity index (χ3v) is 4.28. The second-order valence-corrected chi connectivity index (χ2v) is 7.80. The lowest BCUT2D eigenvalue weighted by Gasteiger charge is -2.18. The van der Waals surface area contributed by atoms with Gasteiger partial charge in [-0.25, -0.2) is 0 Å². The summed E-state index contributed by atoms with van der Waals surface area (Å²) in [5.41, 5.74) is 2.91. The third-order valence-electron chi connectivity index (χ3n) is 3.54. The maximum absolute atomic E-state index is 5.78. The molecular weight excluding hydrogens is 314 g/mol. The molecule has 0 unspecified atom stereocenters. The molecule has 1 aromatic rings. The second kappa shape index (κ2) is 7.06. The Morgan fingerprint density at radius 1 is 1.30 bits per heavy atom. The van der Waals surface area contributed by atoms with Crippen molar-refractivity contribution in [3.8, 4) is 0 Å². The van der Waals surface area contributed by atoms with Gasteiger partial charge in [-0.05, 0) is 41.9 Å². The predicted molar refractivity (Wildman–Crippen MR) is 87.7 cm³/mol. The quantitative estimate of drug-likeness (QED) is 0.729. The van der Waals surface area contributed by atoms with Crippen molar-refractivity contribution in [1.29, 1.82) is 0 Å². The van der Waals surface area contributed by atoms with E-state index in [2.05, 4.69) is 60.2 Å². The van der Waals surface area contributed by atoms with Crippen LogP contribution in [0.3, 0.4) is 0 Å². The minimum Gasteiger partial charge on any atom is -0.377 e. The van der Waals surface area contributed by atoms with Crippen LogP contribution in [0.2, 0.25) is 0 Å². The molecular formula is C17H26BrNO. The van der Waals surface area contributed by atoms with Gasteiger partial charge in [-0.1, -0.05) is 48.8 Å². The number of benzene rings is 1. The minimum atomic E-state index is 0.343. The molecule has 0 aromatic heterocycles. The number of hydrogen-bond donors (Lipinski definition) is 1. The standard InChI is InChI=1S/C17H26BrNO/c1-17(2,3)8-9-20-12-14-5-4-13(10-16(14)18)11-19-15-6-7-15/h4-5,10,15,19H,6-9,11-12H2,1-3H3. The number of nitrogens with one attached hydrogen (secondary N) is 1. The molecule has 1 aromatic carbocycles. The van der Waals surface area contributed by atoms with Crippen LogP contribution in [0.5, 0.6) is 0 Å². The zero-order valence-electron chi connectivity index (χ0n) is 12.8. The highest BCUT2D eigenvalue weighted by Crippen LogP contribution is 2.23. The molecule has 0 amide bonds. The summed E-state index contributed by atoms with van der Waals surface area (Å²) in [4.78, 5) is 0. The molecule has 1 saturated carbocycles. The normalized spacial score (nSPS) is 15.6. The summed E-state index contributed by atoms with van der Waals surface area (Å²) >= 11 is 3.65. The molecule has 1 aliphatic rings. The zero-order chi connectivity index (χ0) is 14.6. The Labute approximate surface area is 131 Å². The number of ether oxygens (including phenoxy) is 1. The van der Waals surface area contributed by atoms with Crippen molar-refractivity contribution in [2.24, 2.45) is 5.41 Å². The van der Waals surface area contributed by atoms with E-state index in [0.29, 0.717) is 12.0 Å². The van der Waals surface area contributed by atoms with Crippen molar-refractivity contribution in [3.05, 3.63) is 33.8 Å². The zero-order valence-corrected chi connectivity index (χ0v) is 14.4. The first-order chi connectivity index (χ1) is 9.44. The highest BCUT2D eigenvalue weighted by atomic mass is 79.9. The third kappa shape index (κ3) is 5.94. The van der Waals surface area contributed by atoms with E-state index in [1.54, 1.807) is 0 Å². The van der Waals surface area contributed by atoms with Crippen molar-refractivity contribution in [2.45, 2.75) is 59.2 Å². The van der Waals surface area contributed by atoms with Crippen LogP contribution in [0.15, 0.2) is 22.7 Å². The van der Waals surface area contributed by atoms with E-state index >= 15 is 0 Å². The van der Waals surface area contributed by atoms with Gasteiger partial charge in [0.15, 0.2) is 0 Å². The molecule has 0 saturated heterocycles. The van der Waals surface area contributed by atoms with Crippen LogP contribution in [0.25, 0.3) is 0 Å². The Hall–Kier alpha value is -0.380. The van der Waals surface area contributed by atoms with Crippen LogP contribution in [-0.2, 0) is 17.9 Å². The fourth-order valence-corrected chi connectivity index (χ4v) is 2.47. The Balaban J connectivity index is 1.76. The molecule has 1 fully saturated rings. The van der Waals surface area contributed by atoms with Gasteiger partial charge in [-0.2, -0.15) is 0 Å². The predicted octanol–water partition coefficient (Wildman–Crippen LogP) is 4.65. The largest absolute Gasteiger partial charge is 0.377 e. The summed E-state index contributed by atoms with van der Waals surface area (Å²) in [7, 11) is 0. The molecule has 0 spiro atoms. The Bertz CT molecular complexity index is 435. The van der Waals surface area contributed by atoms with Gasteiger partial charge in [-0.15, -0.1) is 0 Å². The summed E-state index contributed by atoms with van der Waals surface area (Å²) in [6.07, 6.45) is 3.76. The highest BCUT2D eigenvalue weighted by Gasteiger charge is 2.19. The number of hydrogen-bond acceptors (Lipinski definition) is 2. The molecule has 3 heteroatoms. The smallest absolute Gasteiger partial charge is 0.0727 e. The second-order valence-electron chi connectivity index (χ2n) is 6.94. The summed E-state index contributed by atoms with van der Waals surface area (Å²) < 4.78 is 6.93. The van der Waals surface area contributed by atoms with Crippen LogP contribution in [0, 0.1) is 5.41 Å². The van der Waals surface area contributed by atoms with E-state index in [1.807, 2.05) is 0 Å². The van der Waals surface area contributed by atoms with E-state index in [9.17, 15) is 0 Å². The average molecular weight is 340 g/mol. The topological polar surface area (TPSA) is 21.3 Å². The highest BCUT2D eigenvalue weighted by molar-refractivity contribution is 9.10. The van der Waals surface area contributed by atoms with Gasteiger partial charge in [0.1, 0.15) is 0 Å². The molecule has 2 rings (SSSR count). The van der Waals surface area contributed by atoms with Crippen molar-refractivity contribution in [2.75, 3.05) is 6.61 Å². The summed E-state index contributed by atoms with van der Waals surface area (Å²) in [6.45, 7) is 9.21. The average Bonchev–Trinajstić information content (AvgIpc) is 3.17. The maximum atomic E-state index is 5.78. The fourth-order valence-electron chi connectivity index (χ4n) is 1.93. The maximum Gasteiger partial charge on any atom is 0.0727 e. The van der Waals surface area contributed by atoms with Gasteiger partial charge in [0.05, 0.1) is 6.61 Å². The van der Waals surface area contributed by atoms with Gasteiger partial charge in [0, 0.05) is 23.7 Å². The molecule has 0 atom stereocenters. The molecule has 1 N–H and O–H groups in total. The van der Waals surface area contributed by atoms with Gasteiger partial charge in [0.25, 0.3) is 0 Å². The minimum absolute atomic E-state index is 0.343. The molecule has 0 radical (unpaired) electrons. The first-order valence-electron chi connectivity index (χ1n) is 7.52.